The molecule has 0 aliphatic rings. The van der Waals surface area contributed by atoms with Crippen LogP contribution in [0.2, 0.25) is 0 Å². The lowest BCUT2D eigenvalue weighted by atomic mass is 10.1. The summed E-state index contributed by atoms with van der Waals surface area (Å²) >= 11 is 1.59. The third-order valence-electron chi connectivity index (χ3n) is 2.89. The molecular weight excluding hydrogens is 287 g/mol. The molecule has 0 N–H and O–H groups in total. The van der Waals surface area contributed by atoms with E-state index in [2.05, 4.69) is 6.92 Å². The van der Waals surface area contributed by atoms with Crippen molar-refractivity contribution in [3.8, 4) is 16.2 Å². The lowest BCUT2D eigenvalue weighted by Gasteiger charge is -2.04. The number of esters is 1. The van der Waals surface area contributed by atoms with Crippen LogP contribution in [0.1, 0.15) is 25.1 Å². The smallest absolute Gasteiger partial charge is 0.335 e. The number of hydrogen-bond donors (Lipinski definition) is 0. The van der Waals surface area contributed by atoms with Gasteiger partial charge in [0.1, 0.15) is 11.6 Å². The van der Waals surface area contributed by atoms with Gasteiger partial charge in [-0.25, -0.2) is 9.18 Å². The molecule has 0 saturated heterocycles. The Kier molecular flexibility index (Phi) is 5.28. The van der Waals surface area contributed by atoms with Crippen molar-refractivity contribution in [3.63, 3.8) is 0 Å². The summed E-state index contributed by atoms with van der Waals surface area (Å²) in [6.07, 6.45) is 4.95. The molecule has 110 valence electrons. The van der Waals surface area contributed by atoms with Crippen LogP contribution in [-0.2, 0) is 11.2 Å². The first-order valence-electron chi connectivity index (χ1n) is 6.87. The zero-order chi connectivity index (χ0) is 15.2. The Balaban J connectivity index is 2.20. The molecule has 0 radical (unpaired) electrons. The normalized spacial score (nSPS) is 11.0. The molecule has 0 fully saturated rings. The van der Waals surface area contributed by atoms with E-state index in [9.17, 15) is 9.18 Å². The molecule has 0 saturated carbocycles. The average Bonchev–Trinajstić information content (AvgIpc) is 2.88. The summed E-state index contributed by atoms with van der Waals surface area (Å²) in [6.45, 7) is 3.84. The van der Waals surface area contributed by atoms with Crippen LogP contribution in [0.25, 0.3) is 10.4 Å². The quantitative estimate of drug-likeness (QED) is 0.442. The van der Waals surface area contributed by atoms with Crippen LogP contribution in [-0.4, -0.2) is 5.97 Å². The van der Waals surface area contributed by atoms with Gasteiger partial charge in [-0.3, -0.25) is 0 Å². The molecule has 0 unspecified atom stereocenters. The van der Waals surface area contributed by atoms with E-state index in [0.717, 1.165) is 17.7 Å². The van der Waals surface area contributed by atoms with Crippen LogP contribution in [0, 0.1) is 5.82 Å². The molecule has 2 nitrogen and oxygen atoms in total. The molecule has 1 heterocycles. The maximum atomic E-state index is 14.2. The number of ether oxygens (including phenoxy) is 1. The number of hydrogen-bond acceptors (Lipinski definition) is 3. The number of carbonyl (C=O) groups excluding carboxylic acids is 1. The predicted octanol–water partition coefficient (Wildman–Crippen LogP) is 4.99. The van der Waals surface area contributed by atoms with Crippen LogP contribution >= 0.6 is 11.3 Å². The van der Waals surface area contributed by atoms with Crippen molar-refractivity contribution in [2.24, 2.45) is 0 Å². The lowest BCUT2D eigenvalue weighted by Crippen LogP contribution is -2.03. The largest absolute Gasteiger partial charge is 0.423 e. The van der Waals surface area contributed by atoms with Crippen molar-refractivity contribution in [1.82, 2.24) is 0 Å². The zero-order valence-corrected chi connectivity index (χ0v) is 12.9. The topological polar surface area (TPSA) is 26.3 Å². The van der Waals surface area contributed by atoms with Crippen LogP contribution < -0.4 is 4.74 Å². The molecule has 1 aromatic heterocycles. The highest BCUT2D eigenvalue weighted by Crippen LogP contribution is 2.32. The van der Waals surface area contributed by atoms with E-state index in [1.165, 1.54) is 17.0 Å². The fourth-order valence-electron chi connectivity index (χ4n) is 1.95. The van der Waals surface area contributed by atoms with Gasteiger partial charge in [-0.1, -0.05) is 19.4 Å². The van der Waals surface area contributed by atoms with Gasteiger partial charge in [-0.05, 0) is 37.6 Å². The van der Waals surface area contributed by atoms with Gasteiger partial charge in [0.25, 0.3) is 0 Å². The summed E-state index contributed by atoms with van der Waals surface area (Å²) < 4.78 is 19.2. The lowest BCUT2D eigenvalue weighted by molar-refractivity contribution is -0.129. The molecule has 0 aliphatic heterocycles. The van der Waals surface area contributed by atoms with E-state index >= 15 is 0 Å². The van der Waals surface area contributed by atoms with E-state index in [-0.39, 0.29) is 11.6 Å². The van der Waals surface area contributed by atoms with Crippen LogP contribution in [0.4, 0.5) is 4.39 Å². The molecule has 2 aromatic rings. The molecule has 0 bridgehead atoms. The molecular formula is C17H17FO2S. The Morgan fingerprint density at radius 2 is 2.14 bits per heavy atom. The maximum Gasteiger partial charge on any atom is 0.335 e. The van der Waals surface area contributed by atoms with Crippen molar-refractivity contribution in [2.75, 3.05) is 0 Å². The SMILES string of the molecule is C/C=C/C(=O)Oc1ccc(-c2ccc(CCC)s2)c(F)c1. The van der Waals surface area contributed by atoms with Gasteiger partial charge in [0, 0.05) is 27.5 Å². The molecule has 2 rings (SSSR count). The monoisotopic (exact) mass is 304 g/mol. The standard InChI is InChI=1S/C17H17FO2S/c1-3-5-13-8-10-16(21-13)14-9-7-12(11-15(14)18)20-17(19)6-4-2/h4,6-11H,3,5H2,1-2H3/b6-4+. The Hall–Kier alpha value is -1.94. The highest BCUT2D eigenvalue weighted by Gasteiger charge is 2.10. The molecule has 0 spiro atoms. The molecule has 0 atom stereocenters. The van der Waals surface area contributed by atoms with Crippen molar-refractivity contribution >= 4 is 17.3 Å². The van der Waals surface area contributed by atoms with Crippen LogP contribution in [0.15, 0.2) is 42.5 Å². The summed E-state index contributed by atoms with van der Waals surface area (Å²) in [5, 5.41) is 0. The number of halogens is 1. The minimum Gasteiger partial charge on any atom is -0.423 e. The number of rotatable bonds is 5. The third-order valence-corrected chi connectivity index (χ3v) is 4.06. The number of allylic oxidation sites excluding steroid dienone is 1. The highest BCUT2D eigenvalue weighted by molar-refractivity contribution is 7.15. The van der Waals surface area contributed by atoms with E-state index in [4.69, 9.17) is 4.74 Å². The van der Waals surface area contributed by atoms with Gasteiger partial charge < -0.3 is 4.74 Å². The first kappa shape index (κ1) is 15.4. The van der Waals surface area contributed by atoms with E-state index in [0.29, 0.717) is 5.56 Å². The van der Waals surface area contributed by atoms with Crippen molar-refractivity contribution in [3.05, 3.63) is 53.2 Å². The summed E-state index contributed by atoms with van der Waals surface area (Å²) in [6, 6.07) is 8.46. The first-order chi connectivity index (χ1) is 10.1. The van der Waals surface area contributed by atoms with Gasteiger partial charge in [0.2, 0.25) is 0 Å². The number of benzene rings is 1. The molecule has 1 aromatic carbocycles. The predicted molar refractivity (Wildman–Crippen MR) is 84.2 cm³/mol. The maximum absolute atomic E-state index is 14.2. The second kappa shape index (κ2) is 7.18. The van der Waals surface area contributed by atoms with Gasteiger partial charge in [-0.15, -0.1) is 11.3 Å². The van der Waals surface area contributed by atoms with Gasteiger partial charge in [-0.2, -0.15) is 0 Å². The van der Waals surface area contributed by atoms with Crippen molar-refractivity contribution in [1.29, 1.82) is 0 Å². The highest BCUT2D eigenvalue weighted by atomic mass is 32.1. The molecule has 21 heavy (non-hydrogen) atoms. The summed E-state index contributed by atoms with van der Waals surface area (Å²) in [7, 11) is 0. The fourth-order valence-corrected chi connectivity index (χ4v) is 3.09. The Labute approximate surface area is 127 Å². The zero-order valence-electron chi connectivity index (χ0n) is 12.1. The summed E-state index contributed by atoms with van der Waals surface area (Å²) in [5.41, 5.74) is 0.535. The van der Waals surface area contributed by atoms with E-state index < -0.39 is 5.97 Å². The molecule has 0 aliphatic carbocycles. The Bertz CT molecular complexity index is 659. The van der Waals surface area contributed by atoms with Gasteiger partial charge >= 0.3 is 5.97 Å². The minimum atomic E-state index is -0.508. The van der Waals surface area contributed by atoms with Gasteiger partial charge in [0.05, 0.1) is 0 Å². The molecule has 0 amide bonds. The minimum absolute atomic E-state index is 0.213. The second-order valence-corrected chi connectivity index (χ2v) is 5.75. The first-order valence-corrected chi connectivity index (χ1v) is 7.68. The van der Waals surface area contributed by atoms with E-state index in [1.807, 2.05) is 12.1 Å². The second-order valence-electron chi connectivity index (χ2n) is 4.58. The Morgan fingerprint density at radius 3 is 2.81 bits per heavy atom. The summed E-state index contributed by atoms with van der Waals surface area (Å²) in [4.78, 5) is 13.5. The number of aryl methyl sites for hydroxylation is 1. The van der Waals surface area contributed by atoms with Gasteiger partial charge in [0.15, 0.2) is 0 Å². The van der Waals surface area contributed by atoms with Crippen LogP contribution in [0.5, 0.6) is 5.75 Å². The number of carbonyl (C=O) groups is 1. The average molecular weight is 304 g/mol. The molecule has 4 heteroatoms. The number of thiophene rings is 1. The third kappa shape index (κ3) is 4.02. The van der Waals surface area contributed by atoms with E-state index in [1.54, 1.807) is 36.5 Å². The fraction of sp³-hybridized carbons (Fsp3) is 0.235. The summed E-state index contributed by atoms with van der Waals surface area (Å²) in [5.74, 6) is -0.679. The van der Waals surface area contributed by atoms with Crippen LogP contribution in [0.3, 0.4) is 0 Å². The van der Waals surface area contributed by atoms with Crippen molar-refractivity contribution < 1.29 is 13.9 Å². The Morgan fingerprint density at radius 1 is 1.33 bits per heavy atom. The van der Waals surface area contributed by atoms with Crippen molar-refractivity contribution in [2.45, 2.75) is 26.7 Å².